The third-order valence-electron chi connectivity index (χ3n) is 15.5. The van der Waals surface area contributed by atoms with Crippen LogP contribution >= 0.6 is 15.6 Å². The number of unbranched alkanes of at least 4 members (excludes halogenated alkanes) is 29. The molecule has 0 aromatic carbocycles. The number of carbonyl (C=O) groups excluding carboxylic acids is 3. The summed E-state index contributed by atoms with van der Waals surface area (Å²) >= 11 is 0. The average molecular weight is 1380 g/mol. The van der Waals surface area contributed by atoms with Crippen molar-refractivity contribution in [3.8, 4) is 0 Å². The molecule has 0 bridgehead atoms. The van der Waals surface area contributed by atoms with Gasteiger partial charge in [0.25, 0.3) is 0 Å². The van der Waals surface area contributed by atoms with E-state index in [1.165, 1.54) is 109 Å². The minimum atomic E-state index is -4.93. The molecular formula is C77H134O16P2. The van der Waals surface area contributed by atoms with Gasteiger partial charge in [-0.05, 0) is 103 Å². The number of aliphatic hydroxyl groups excluding tert-OH is 2. The smallest absolute Gasteiger partial charge is 0.463 e. The molecule has 95 heavy (non-hydrogen) atoms. The number of hydrogen-bond acceptors (Lipinski definition) is 14. The van der Waals surface area contributed by atoms with Gasteiger partial charge in [0.15, 0.2) is 6.10 Å². The maximum Gasteiger partial charge on any atom is 0.472 e. The van der Waals surface area contributed by atoms with Gasteiger partial charge in [0.2, 0.25) is 0 Å². The Morgan fingerprint density at radius 3 is 0.884 bits per heavy atom. The number of rotatable bonds is 70. The number of aliphatic hydroxyl groups is 2. The molecule has 0 rings (SSSR count). The van der Waals surface area contributed by atoms with Crippen molar-refractivity contribution >= 4 is 33.6 Å². The normalized spacial score (nSPS) is 14.7. The highest BCUT2D eigenvalue weighted by Crippen LogP contribution is 2.45. The van der Waals surface area contributed by atoms with E-state index in [1.54, 1.807) is 0 Å². The fraction of sp³-hybridized carbons (Fsp3) is 0.727. The van der Waals surface area contributed by atoms with Crippen LogP contribution in [0.4, 0.5) is 0 Å². The summed E-state index contributed by atoms with van der Waals surface area (Å²) in [6.45, 7) is 2.43. The third kappa shape index (κ3) is 71.3. The average Bonchev–Trinajstić information content (AvgIpc) is 3.76. The first-order valence-corrected chi connectivity index (χ1v) is 40.2. The summed E-state index contributed by atoms with van der Waals surface area (Å²) in [4.78, 5) is 58.5. The van der Waals surface area contributed by atoms with E-state index in [4.69, 9.17) is 32.3 Å². The second-order valence-electron chi connectivity index (χ2n) is 24.7. The molecule has 0 saturated carbocycles. The predicted molar refractivity (Wildman–Crippen MR) is 390 cm³/mol. The number of hydrogen-bond donors (Lipinski definition) is 4. The monoisotopic (exact) mass is 1380 g/mol. The van der Waals surface area contributed by atoms with Gasteiger partial charge < -0.3 is 34.2 Å². The number of esters is 3. The van der Waals surface area contributed by atoms with Crippen LogP contribution < -0.4 is 0 Å². The molecule has 5 unspecified atom stereocenters. The minimum absolute atomic E-state index is 0.101. The molecule has 0 aliphatic heterocycles. The lowest BCUT2D eigenvalue weighted by Gasteiger charge is -2.21. The molecule has 0 spiro atoms. The van der Waals surface area contributed by atoms with Gasteiger partial charge in [-0.1, -0.05) is 291 Å². The van der Waals surface area contributed by atoms with Crippen LogP contribution in [0.3, 0.4) is 0 Å². The SMILES string of the molecule is CC/C=C\C/C=C\C/C=C\C/C=C\C/C=C\CCCCCCCCCCCCCCCC(=O)OCC(O)COP(=O)(O)OCC(O)COP(=O)(O)OCC(COC(=O)CCCCCC/C=C\C/C=C\C/C=C\C/C=C\CC)OC(=O)CCCCCCCCCCCCCCC. The van der Waals surface area contributed by atoms with Gasteiger partial charge in [0, 0.05) is 19.3 Å². The first-order chi connectivity index (χ1) is 46.2. The van der Waals surface area contributed by atoms with Crippen molar-refractivity contribution in [1.82, 2.24) is 0 Å². The van der Waals surface area contributed by atoms with E-state index >= 15 is 0 Å². The number of phosphoric ester groups is 2. The van der Waals surface area contributed by atoms with Crippen LogP contribution in [0.25, 0.3) is 0 Å². The highest BCUT2D eigenvalue weighted by Gasteiger charge is 2.29. The molecular weight excluding hydrogens is 1240 g/mol. The molecule has 0 heterocycles. The van der Waals surface area contributed by atoms with Crippen molar-refractivity contribution < 1.29 is 75.8 Å². The lowest BCUT2D eigenvalue weighted by molar-refractivity contribution is -0.161. The van der Waals surface area contributed by atoms with Crippen molar-refractivity contribution in [2.75, 3.05) is 39.6 Å². The van der Waals surface area contributed by atoms with Crippen LogP contribution in [0.1, 0.15) is 303 Å². The molecule has 0 radical (unpaired) electrons. The molecule has 548 valence electrons. The summed E-state index contributed by atoms with van der Waals surface area (Å²) in [5, 5.41) is 20.6. The van der Waals surface area contributed by atoms with Gasteiger partial charge in [-0.25, -0.2) is 9.13 Å². The fourth-order valence-corrected chi connectivity index (χ4v) is 11.5. The Morgan fingerprint density at radius 2 is 0.558 bits per heavy atom. The highest BCUT2D eigenvalue weighted by atomic mass is 31.2. The quantitative estimate of drug-likeness (QED) is 0.0146. The molecule has 0 aromatic rings. The van der Waals surface area contributed by atoms with E-state index in [1.807, 2.05) is 0 Å². The van der Waals surface area contributed by atoms with Crippen LogP contribution in [0.2, 0.25) is 0 Å². The molecule has 0 aliphatic rings. The number of ether oxygens (including phenoxy) is 3. The zero-order valence-corrected chi connectivity index (χ0v) is 61.4. The van der Waals surface area contributed by atoms with Crippen LogP contribution in [0, 0.1) is 0 Å². The van der Waals surface area contributed by atoms with Crippen molar-refractivity contribution in [2.24, 2.45) is 0 Å². The Hall–Kier alpha value is -3.79. The Kier molecular flexibility index (Phi) is 67.3. The molecule has 18 heteroatoms. The standard InChI is InChI=1S/C77H134O16P2/c1-4-7-10-13-16-19-22-25-27-29-30-31-32-33-34-35-36-37-38-39-40-42-44-46-48-51-54-57-60-63-75(80)87-66-72(78)67-89-94(83,84)90-68-73(79)69-91-95(85,86)92-71-74(93-77(82)65-62-59-56-53-50-45-24-21-18-15-12-9-6-3)70-88-76(81)64-61-58-55-52-49-47-43-41-28-26-23-20-17-14-11-8-5-2/h7-8,10-11,16-17,19-20,25-28,30-31,33-34,43,47,72-74,78-79H,4-6,9,12-15,18,21-24,29,32,35-42,44-46,48-71H2,1-3H3,(H,83,84)(H,85,86)/b10-7-,11-8-,19-16-,20-17-,27-25-,28-26-,31-30-,34-33-,47-43-. The predicted octanol–water partition coefficient (Wildman–Crippen LogP) is 21.2. The maximum atomic E-state index is 12.9. The number of allylic oxidation sites excluding steroid dienone is 18. The van der Waals surface area contributed by atoms with Gasteiger partial charge in [-0.3, -0.25) is 32.5 Å². The van der Waals surface area contributed by atoms with Crippen molar-refractivity contribution in [1.29, 1.82) is 0 Å². The van der Waals surface area contributed by atoms with E-state index in [0.29, 0.717) is 19.3 Å². The largest absolute Gasteiger partial charge is 0.472 e. The Morgan fingerprint density at radius 1 is 0.305 bits per heavy atom. The summed E-state index contributed by atoms with van der Waals surface area (Å²) in [5.74, 6) is -1.60. The van der Waals surface area contributed by atoms with E-state index in [0.717, 1.165) is 135 Å². The molecule has 16 nitrogen and oxygen atoms in total. The Labute approximate surface area is 577 Å². The molecule has 0 saturated heterocycles. The van der Waals surface area contributed by atoms with E-state index in [9.17, 15) is 43.5 Å². The van der Waals surface area contributed by atoms with Crippen LogP contribution in [-0.2, 0) is 55.8 Å². The zero-order valence-electron chi connectivity index (χ0n) is 59.6. The highest BCUT2D eigenvalue weighted by molar-refractivity contribution is 7.47. The third-order valence-corrected chi connectivity index (χ3v) is 17.4. The first-order valence-electron chi connectivity index (χ1n) is 37.2. The summed E-state index contributed by atoms with van der Waals surface area (Å²) in [5.41, 5.74) is 0. The second kappa shape index (κ2) is 70.1. The topological polar surface area (TPSA) is 231 Å². The Balaban J connectivity index is 4.47. The van der Waals surface area contributed by atoms with E-state index in [-0.39, 0.29) is 19.3 Å². The summed E-state index contributed by atoms with van der Waals surface area (Å²) in [7, 11) is -9.78. The minimum Gasteiger partial charge on any atom is -0.463 e. The summed E-state index contributed by atoms with van der Waals surface area (Å²) < 4.78 is 61.0. The van der Waals surface area contributed by atoms with Crippen molar-refractivity contribution in [3.05, 3.63) is 109 Å². The van der Waals surface area contributed by atoms with Gasteiger partial charge in [0.1, 0.15) is 25.4 Å². The van der Waals surface area contributed by atoms with Crippen LogP contribution in [0.15, 0.2) is 109 Å². The van der Waals surface area contributed by atoms with Crippen LogP contribution in [0.5, 0.6) is 0 Å². The number of phosphoric acid groups is 2. The molecule has 0 fully saturated rings. The van der Waals surface area contributed by atoms with Crippen molar-refractivity contribution in [2.45, 2.75) is 322 Å². The lowest BCUT2D eigenvalue weighted by Crippen LogP contribution is -2.30. The maximum absolute atomic E-state index is 12.9. The van der Waals surface area contributed by atoms with Crippen molar-refractivity contribution in [3.63, 3.8) is 0 Å². The Bertz CT molecular complexity index is 2170. The van der Waals surface area contributed by atoms with Gasteiger partial charge in [0.05, 0.1) is 26.4 Å². The first kappa shape index (κ1) is 91.2. The molecule has 5 atom stereocenters. The van der Waals surface area contributed by atoms with Gasteiger partial charge in [-0.15, -0.1) is 0 Å². The zero-order chi connectivity index (χ0) is 69.5. The fourth-order valence-electron chi connectivity index (χ4n) is 9.88. The summed E-state index contributed by atoms with van der Waals surface area (Å²) in [6.07, 6.45) is 80.0. The second-order valence-corrected chi connectivity index (χ2v) is 27.6. The van der Waals surface area contributed by atoms with Gasteiger partial charge in [-0.2, -0.15) is 0 Å². The van der Waals surface area contributed by atoms with Crippen LogP contribution in [-0.4, -0.2) is 95.9 Å². The van der Waals surface area contributed by atoms with Gasteiger partial charge >= 0.3 is 33.6 Å². The summed E-state index contributed by atoms with van der Waals surface area (Å²) in [6, 6.07) is 0. The number of carbonyl (C=O) groups is 3. The molecule has 0 aliphatic carbocycles. The molecule has 4 N–H and O–H groups in total. The van der Waals surface area contributed by atoms with E-state index in [2.05, 4.69) is 130 Å². The van der Waals surface area contributed by atoms with E-state index < -0.39 is 91.5 Å². The molecule has 0 amide bonds. The molecule has 0 aromatic heterocycles. The lowest BCUT2D eigenvalue weighted by atomic mass is 10.0.